The lowest BCUT2D eigenvalue weighted by Crippen LogP contribution is -2.42. The minimum atomic E-state index is -0.109. The van der Waals surface area contributed by atoms with Gasteiger partial charge in [0.25, 0.3) is 0 Å². The predicted molar refractivity (Wildman–Crippen MR) is 88.3 cm³/mol. The van der Waals surface area contributed by atoms with Crippen LogP contribution in [0.15, 0.2) is 18.2 Å². The van der Waals surface area contributed by atoms with E-state index in [0.717, 1.165) is 36.9 Å². The lowest BCUT2D eigenvalue weighted by atomic mass is 9.81. The largest absolute Gasteiger partial charge is 0.469 e. The van der Waals surface area contributed by atoms with Crippen molar-refractivity contribution in [2.24, 2.45) is 11.8 Å². The van der Waals surface area contributed by atoms with Crippen LogP contribution in [0.5, 0.6) is 0 Å². The second-order valence-electron chi connectivity index (χ2n) is 6.35. The fourth-order valence-corrected chi connectivity index (χ4v) is 3.69. The molecule has 23 heavy (non-hydrogen) atoms. The van der Waals surface area contributed by atoms with E-state index in [9.17, 15) is 9.59 Å². The van der Waals surface area contributed by atoms with E-state index in [1.165, 1.54) is 7.11 Å². The van der Waals surface area contributed by atoms with Crippen LogP contribution < -0.4 is 5.32 Å². The molecule has 2 amide bonds. The Morgan fingerprint density at radius 2 is 2.09 bits per heavy atom. The monoisotopic (exact) mass is 336 g/mol. The Kier molecular flexibility index (Phi) is 4.76. The summed E-state index contributed by atoms with van der Waals surface area (Å²) in [4.78, 5) is 25.7. The molecule has 0 bridgehead atoms. The lowest BCUT2D eigenvalue weighted by Gasteiger charge is -2.34. The standard InChI is InChI=1S/C17H21ClN2O3/c1-23-16(21)12-4-2-11(3-5-12)9-20-10-13-8-14(18)6-7-15(13)19-17(20)22/h6-8,11-12H,2-5,9-10H2,1H3,(H,19,22)/t11-,12-. The molecular weight excluding hydrogens is 316 g/mol. The zero-order chi connectivity index (χ0) is 16.4. The van der Waals surface area contributed by atoms with E-state index in [1.54, 1.807) is 6.07 Å². The number of amides is 2. The summed E-state index contributed by atoms with van der Waals surface area (Å²) in [7, 11) is 1.44. The van der Waals surface area contributed by atoms with Gasteiger partial charge in [-0.15, -0.1) is 0 Å². The first kappa shape index (κ1) is 16.1. The zero-order valence-corrected chi connectivity index (χ0v) is 13.9. The Labute approximate surface area is 140 Å². The molecule has 1 aliphatic carbocycles. The third kappa shape index (κ3) is 3.61. The molecule has 0 aromatic heterocycles. The Balaban J connectivity index is 1.59. The van der Waals surface area contributed by atoms with Crippen LogP contribution in [-0.2, 0) is 16.1 Å². The molecule has 1 saturated carbocycles. The Hall–Kier alpha value is -1.75. The molecule has 6 heteroatoms. The van der Waals surface area contributed by atoms with Gasteiger partial charge >= 0.3 is 12.0 Å². The van der Waals surface area contributed by atoms with Crippen molar-refractivity contribution in [3.63, 3.8) is 0 Å². The van der Waals surface area contributed by atoms with Crippen molar-refractivity contribution < 1.29 is 14.3 Å². The molecular formula is C17H21ClN2O3. The fraction of sp³-hybridized carbons (Fsp3) is 0.529. The summed E-state index contributed by atoms with van der Waals surface area (Å²) in [5.74, 6) is 0.344. The molecule has 0 spiro atoms. The smallest absolute Gasteiger partial charge is 0.322 e. The van der Waals surface area contributed by atoms with E-state index >= 15 is 0 Å². The molecule has 0 unspecified atom stereocenters. The van der Waals surface area contributed by atoms with Crippen LogP contribution in [0.25, 0.3) is 0 Å². The Bertz CT molecular complexity index is 612. The molecule has 1 aromatic rings. The van der Waals surface area contributed by atoms with Crippen molar-refractivity contribution in [2.75, 3.05) is 19.0 Å². The van der Waals surface area contributed by atoms with Crippen LogP contribution in [0, 0.1) is 11.8 Å². The van der Waals surface area contributed by atoms with Crippen LogP contribution >= 0.6 is 11.6 Å². The van der Waals surface area contributed by atoms with Crippen molar-refractivity contribution in [1.82, 2.24) is 4.90 Å². The molecule has 1 heterocycles. The lowest BCUT2D eigenvalue weighted by molar-refractivity contribution is -0.146. The minimum Gasteiger partial charge on any atom is -0.469 e. The van der Waals surface area contributed by atoms with Gasteiger partial charge in [0.15, 0.2) is 0 Å². The fourth-order valence-electron chi connectivity index (χ4n) is 3.49. The van der Waals surface area contributed by atoms with Crippen LogP contribution in [-0.4, -0.2) is 30.6 Å². The number of anilines is 1. The molecule has 1 fully saturated rings. The number of esters is 1. The van der Waals surface area contributed by atoms with Crippen LogP contribution in [0.3, 0.4) is 0 Å². The number of carbonyl (C=O) groups excluding carboxylic acids is 2. The SMILES string of the molecule is COC(=O)[C@H]1CC[C@H](CN2Cc3cc(Cl)ccc3NC2=O)CC1. The average Bonchev–Trinajstić information content (AvgIpc) is 2.56. The highest BCUT2D eigenvalue weighted by atomic mass is 35.5. The summed E-state index contributed by atoms with van der Waals surface area (Å²) in [5.41, 5.74) is 1.88. The van der Waals surface area contributed by atoms with Gasteiger partial charge in [0.2, 0.25) is 0 Å². The summed E-state index contributed by atoms with van der Waals surface area (Å²) < 4.78 is 4.82. The summed E-state index contributed by atoms with van der Waals surface area (Å²) in [5, 5.41) is 3.60. The molecule has 1 N–H and O–H groups in total. The molecule has 1 aliphatic heterocycles. The van der Waals surface area contributed by atoms with E-state index in [-0.39, 0.29) is 17.9 Å². The van der Waals surface area contributed by atoms with E-state index in [1.807, 2.05) is 17.0 Å². The molecule has 0 atom stereocenters. The summed E-state index contributed by atoms with van der Waals surface area (Å²) >= 11 is 6.04. The quantitative estimate of drug-likeness (QED) is 0.857. The number of hydrogen-bond donors (Lipinski definition) is 1. The van der Waals surface area contributed by atoms with Gasteiger partial charge in [-0.2, -0.15) is 0 Å². The molecule has 3 rings (SSSR count). The number of halogens is 1. The van der Waals surface area contributed by atoms with Crippen molar-refractivity contribution in [3.8, 4) is 0 Å². The van der Waals surface area contributed by atoms with Crippen LogP contribution in [0.1, 0.15) is 31.2 Å². The normalized spacial score (nSPS) is 23.9. The number of methoxy groups -OCH3 is 1. The van der Waals surface area contributed by atoms with E-state index < -0.39 is 0 Å². The Morgan fingerprint density at radius 1 is 1.35 bits per heavy atom. The molecule has 0 radical (unpaired) electrons. The Morgan fingerprint density at radius 3 is 2.78 bits per heavy atom. The number of urea groups is 1. The number of rotatable bonds is 3. The van der Waals surface area contributed by atoms with Gasteiger partial charge in [0.05, 0.1) is 13.0 Å². The first-order valence-electron chi connectivity index (χ1n) is 7.99. The highest BCUT2D eigenvalue weighted by Gasteiger charge is 2.30. The number of benzene rings is 1. The van der Waals surface area contributed by atoms with Gasteiger partial charge in [-0.25, -0.2) is 4.79 Å². The maximum Gasteiger partial charge on any atom is 0.322 e. The maximum absolute atomic E-state index is 12.2. The molecule has 5 nitrogen and oxygen atoms in total. The van der Waals surface area contributed by atoms with E-state index in [0.29, 0.717) is 24.0 Å². The number of hydrogen-bond acceptors (Lipinski definition) is 3. The van der Waals surface area contributed by atoms with Gasteiger partial charge in [-0.3, -0.25) is 4.79 Å². The van der Waals surface area contributed by atoms with E-state index in [2.05, 4.69) is 5.32 Å². The van der Waals surface area contributed by atoms with Crippen molar-refractivity contribution >= 4 is 29.3 Å². The zero-order valence-electron chi connectivity index (χ0n) is 13.2. The van der Waals surface area contributed by atoms with Gasteiger partial charge in [0, 0.05) is 23.8 Å². The highest BCUT2D eigenvalue weighted by Crippen LogP contribution is 2.32. The first-order valence-corrected chi connectivity index (χ1v) is 8.37. The maximum atomic E-state index is 12.2. The van der Waals surface area contributed by atoms with Crippen molar-refractivity contribution in [3.05, 3.63) is 28.8 Å². The summed E-state index contributed by atoms with van der Waals surface area (Å²) in [6.45, 7) is 1.30. The van der Waals surface area contributed by atoms with Crippen LogP contribution in [0.4, 0.5) is 10.5 Å². The summed E-state index contributed by atoms with van der Waals surface area (Å²) in [6.07, 6.45) is 3.59. The molecule has 0 saturated heterocycles. The first-order chi connectivity index (χ1) is 11.1. The number of nitrogens with one attached hydrogen (secondary N) is 1. The van der Waals surface area contributed by atoms with Crippen molar-refractivity contribution in [1.29, 1.82) is 0 Å². The minimum absolute atomic E-state index is 0.0194. The van der Waals surface area contributed by atoms with E-state index in [4.69, 9.17) is 16.3 Å². The number of carbonyl (C=O) groups is 2. The number of ether oxygens (including phenoxy) is 1. The number of nitrogens with zero attached hydrogens (tertiary/aromatic N) is 1. The topological polar surface area (TPSA) is 58.6 Å². The molecule has 1 aromatic carbocycles. The van der Waals surface area contributed by atoms with Gasteiger partial charge in [0.1, 0.15) is 0 Å². The van der Waals surface area contributed by atoms with Crippen molar-refractivity contribution in [2.45, 2.75) is 32.2 Å². The molecule has 124 valence electrons. The van der Waals surface area contributed by atoms with Gasteiger partial charge in [-0.1, -0.05) is 11.6 Å². The second kappa shape index (κ2) is 6.79. The molecule has 2 aliphatic rings. The summed E-state index contributed by atoms with van der Waals surface area (Å²) in [6, 6.07) is 5.46. The van der Waals surface area contributed by atoms with Gasteiger partial charge < -0.3 is 15.0 Å². The highest BCUT2D eigenvalue weighted by molar-refractivity contribution is 6.30. The average molecular weight is 337 g/mol. The van der Waals surface area contributed by atoms with Crippen LogP contribution in [0.2, 0.25) is 5.02 Å². The second-order valence-corrected chi connectivity index (χ2v) is 6.79. The number of fused-ring (bicyclic) bond motifs is 1. The van der Waals surface area contributed by atoms with Gasteiger partial charge in [-0.05, 0) is 55.4 Å². The third-order valence-electron chi connectivity index (χ3n) is 4.82. The third-order valence-corrected chi connectivity index (χ3v) is 5.05. The predicted octanol–water partition coefficient (Wildman–Crippen LogP) is 3.67.